The first-order valence-corrected chi connectivity index (χ1v) is 11.4. The lowest BCUT2D eigenvalue weighted by Gasteiger charge is -2.08. The number of anilines is 1. The first kappa shape index (κ1) is 21.6. The molecule has 0 spiro atoms. The van der Waals surface area contributed by atoms with Crippen LogP contribution in [0.4, 0.5) is 5.13 Å². The number of thiazole rings is 1. The van der Waals surface area contributed by atoms with Crippen LogP contribution in [-0.4, -0.2) is 39.6 Å². The molecule has 0 atom stereocenters. The van der Waals surface area contributed by atoms with Crippen LogP contribution in [0, 0.1) is 0 Å². The van der Waals surface area contributed by atoms with Gasteiger partial charge in [-0.2, -0.15) is 0 Å². The minimum Gasteiger partial charge on any atom is -0.497 e. The summed E-state index contributed by atoms with van der Waals surface area (Å²) in [6.45, 7) is 0.653. The van der Waals surface area contributed by atoms with Crippen LogP contribution in [0.1, 0.15) is 5.69 Å². The predicted molar refractivity (Wildman–Crippen MR) is 115 cm³/mol. The molecule has 158 valence electrons. The Labute approximate surface area is 178 Å². The molecule has 0 aliphatic carbocycles. The number of ether oxygens (including phenoxy) is 2. The second-order valence-corrected chi connectivity index (χ2v) is 8.65. The van der Waals surface area contributed by atoms with Gasteiger partial charge >= 0.3 is 0 Å². The van der Waals surface area contributed by atoms with E-state index in [0.29, 0.717) is 24.6 Å². The molecule has 30 heavy (non-hydrogen) atoms. The lowest BCUT2D eigenvalue weighted by molar-refractivity contribution is -0.120. The Kier molecular flexibility index (Phi) is 7.26. The summed E-state index contributed by atoms with van der Waals surface area (Å²) in [5.74, 6) is 1.19. The average Bonchev–Trinajstić information content (AvgIpc) is 3.18. The summed E-state index contributed by atoms with van der Waals surface area (Å²) in [4.78, 5) is 16.4. The quantitative estimate of drug-likeness (QED) is 0.463. The zero-order valence-corrected chi connectivity index (χ0v) is 17.8. The van der Waals surface area contributed by atoms with Gasteiger partial charge < -0.3 is 14.8 Å². The third kappa shape index (κ3) is 6.19. The number of sulfonamides is 1. The van der Waals surface area contributed by atoms with E-state index in [2.05, 4.69) is 15.0 Å². The number of carbonyl (C=O) groups is 1. The first-order chi connectivity index (χ1) is 14.5. The topological polar surface area (TPSA) is 107 Å². The highest BCUT2D eigenvalue weighted by atomic mass is 32.2. The van der Waals surface area contributed by atoms with Gasteiger partial charge in [-0.1, -0.05) is 18.2 Å². The molecule has 1 amide bonds. The van der Waals surface area contributed by atoms with Crippen LogP contribution in [-0.2, 0) is 21.2 Å². The smallest absolute Gasteiger partial charge is 0.263 e. The van der Waals surface area contributed by atoms with Crippen molar-refractivity contribution in [2.24, 2.45) is 0 Å². The maximum absolute atomic E-state index is 12.3. The first-order valence-electron chi connectivity index (χ1n) is 9.02. The van der Waals surface area contributed by atoms with E-state index in [1.807, 2.05) is 0 Å². The monoisotopic (exact) mass is 447 g/mol. The van der Waals surface area contributed by atoms with E-state index in [9.17, 15) is 13.2 Å². The number of hydrogen-bond acceptors (Lipinski definition) is 7. The van der Waals surface area contributed by atoms with Gasteiger partial charge in [0.2, 0.25) is 5.91 Å². The van der Waals surface area contributed by atoms with E-state index in [1.165, 1.54) is 12.1 Å². The lowest BCUT2D eigenvalue weighted by Crippen LogP contribution is -2.29. The highest BCUT2D eigenvalue weighted by Crippen LogP contribution is 2.20. The second kappa shape index (κ2) is 10.1. The summed E-state index contributed by atoms with van der Waals surface area (Å²) in [6.07, 6.45) is 0.0477. The Bertz CT molecular complexity index is 1070. The Morgan fingerprint density at radius 1 is 1.07 bits per heavy atom. The molecule has 2 N–H and O–H groups in total. The van der Waals surface area contributed by atoms with Crippen LogP contribution in [0.25, 0.3) is 0 Å². The van der Waals surface area contributed by atoms with Gasteiger partial charge in [0.05, 0.1) is 30.7 Å². The van der Waals surface area contributed by atoms with Crippen molar-refractivity contribution in [3.05, 3.63) is 65.7 Å². The number of rotatable bonds is 10. The van der Waals surface area contributed by atoms with Gasteiger partial charge in [-0.05, 0) is 36.4 Å². The number of hydrogen-bond donors (Lipinski definition) is 2. The van der Waals surface area contributed by atoms with E-state index in [4.69, 9.17) is 9.47 Å². The molecule has 0 unspecified atom stereocenters. The molecule has 0 saturated heterocycles. The molecule has 3 rings (SSSR count). The molecule has 10 heteroatoms. The zero-order chi connectivity index (χ0) is 21.4. The largest absolute Gasteiger partial charge is 0.497 e. The van der Waals surface area contributed by atoms with Gasteiger partial charge in [-0.25, -0.2) is 13.4 Å². The number of carbonyl (C=O) groups excluding carboxylic acids is 1. The van der Waals surface area contributed by atoms with Crippen molar-refractivity contribution >= 4 is 32.4 Å². The minimum atomic E-state index is -3.70. The maximum Gasteiger partial charge on any atom is 0.263 e. The number of benzene rings is 2. The SMILES string of the molecule is COc1ccc(OCCNC(=O)Cc2csc(NS(=O)(=O)c3ccccc3)n2)cc1. The van der Waals surface area contributed by atoms with Crippen LogP contribution in [0.2, 0.25) is 0 Å². The zero-order valence-electron chi connectivity index (χ0n) is 16.2. The summed E-state index contributed by atoms with van der Waals surface area (Å²) in [7, 11) is -2.11. The minimum absolute atomic E-state index is 0.0477. The fourth-order valence-corrected chi connectivity index (χ4v) is 4.45. The molecule has 1 aromatic heterocycles. The van der Waals surface area contributed by atoms with Gasteiger partial charge in [-0.15, -0.1) is 11.3 Å². The van der Waals surface area contributed by atoms with Gasteiger partial charge in [0.25, 0.3) is 10.0 Å². The summed E-state index contributed by atoms with van der Waals surface area (Å²) in [6, 6.07) is 15.2. The molecule has 0 fully saturated rings. The Morgan fingerprint density at radius 3 is 2.47 bits per heavy atom. The fourth-order valence-electron chi connectivity index (χ4n) is 2.47. The number of aromatic nitrogens is 1. The number of methoxy groups -OCH3 is 1. The Morgan fingerprint density at radius 2 is 1.77 bits per heavy atom. The lowest BCUT2D eigenvalue weighted by atomic mass is 10.3. The van der Waals surface area contributed by atoms with E-state index in [-0.39, 0.29) is 22.4 Å². The Balaban J connectivity index is 1.43. The van der Waals surface area contributed by atoms with E-state index in [1.54, 1.807) is 55.0 Å². The van der Waals surface area contributed by atoms with Crippen molar-refractivity contribution in [3.8, 4) is 11.5 Å². The van der Waals surface area contributed by atoms with E-state index in [0.717, 1.165) is 17.1 Å². The Hall–Kier alpha value is -3.11. The van der Waals surface area contributed by atoms with Gasteiger partial charge in [0, 0.05) is 5.38 Å². The van der Waals surface area contributed by atoms with Gasteiger partial charge in [-0.3, -0.25) is 9.52 Å². The van der Waals surface area contributed by atoms with Crippen molar-refractivity contribution in [2.45, 2.75) is 11.3 Å². The molecule has 0 aliphatic heterocycles. The number of nitrogens with one attached hydrogen (secondary N) is 2. The molecule has 1 heterocycles. The van der Waals surface area contributed by atoms with Gasteiger partial charge in [0.15, 0.2) is 5.13 Å². The molecule has 3 aromatic rings. The van der Waals surface area contributed by atoms with Crippen LogP contribution < -0.4 is 19.5 Å². The molecule has 0 aliphatic rings. The van der Waals surface area contributed by atoms with Crippen LogP contribution >= 0.6 is 11.3 Å². The van der Waals surface area contributed by atoms with Crippen molar-refractivity contribution in [2.75, 3.05) is 25.0 Å². The molecule has 0 radical (unpaired) electrons. The summed E-state index contributed by atoms with van der Waals surface area (Å²) < 4.78 is 37.7. The molecule has 2 aromatic carbocycles. The third-order valence-electron chi connectivity index (χ3n) is 3.92. The van der Waals surface area contributed by atoms with Crippen molar-refractivity contribution in [3.63, 3.8) is 0 Å². The predicted octanol–water partition coefficient (Wildman–Crippen LogP) is 2.69. The second-order valence-electron chi connectivity index (χ2n) is 6.11. The summed E-state index contributed by atoms with van der Waals surface area (Å²) in [5.41, 5.74) is 0.485. The van der Waals surface area contributed by atoms with Gasteiger partial charge in [0.1, 0.15) is 18.1 Å². The highest BCUT2D eigenvalue weighted by molar-refractivity contribution is 7.93. The third-order valence-corrected chi connectivity index (χ3v) is 6.21. The maximum atomic E-state index is 12.3. The van der Waals surface area contributed by atoms with Crippen molar-refractivity contribution in [1.82, 2.24) is 10.3 Å². The van der Waals surface area contributed by atoms with Crippen molar-refractivity contribution in [1.29, 1.82) is 0 Å². The van der Waals surface area contributed by atoms with Crippen LogP contribution in [0.5, 0.6) is 11.5 Å². The molecular weight excluding hydrogens is 426 g/mol. The van der Waals surface area contributed by atoms with Crippen LogP contribution in [0.3, 0.4) is 0 Å². The van der Waals surface area contributed by atoms with E-state index >= 15 is 0 Å². The normalized spacial score (nSPS) is 11.0. The van der Waals surface area contributed by atoms with E-state index < -0.39 is 10.0 Å². The number of amides is 1. The summed E-state index contributed by atoms with van der Waals surface area (Å²) >= 11 is 1.13. The standard InChI is InChI=1S/C20H21N3O5S2/c1-27-16-7-9-17(10-8-16)28-12-11-21-19(24)13-15-14-29-20(22-15)23-30(25,26)18-5-3-2-4-6-18/h2-10,14H,11-13H2,1H3,(H,21,24)(H,22,23). The molecule has 8 nitrogen and oxygen atoms in total. The molecular formula is C20H21N3O5S2. The summed E-state index contributed by atoms with van der Waals surface area (Å²) in [5, 5.41) is 4.61. The number of nitrogens with zero attached hydrogens (tertiary/aromatic N) is 1. The fraction of sp³-hybridized carbons (Fsp3) is 0.200. The van der Waals surface area contributed by atoms with Crippen LogP contribution in [0.15, 0.2) is 64.9 Å². The average molecular weight is 448 g/mol. The highest BCUT2D eigenvalue weighted by Gasteiger charge is 2.16. The molecule has 0 saturated carbocycles. The van der Waals surface area contributed by atoms with Crippen molar-refractivity contribution < 1.29 is 22.7 Å². The molecule has 0 bridgehead atoms.